The highest BCUT2D eigenvalue weighted by Crippen LogP contribution is 2.34. The second-order valence-corrected chi connectivity index (χ2v) is 6.87. The summed E-state index contributed by atoms with van der Waals surface area (Å²) in [5.41, 5.74) is 0.987. The molecule has 0 unspecified atom stereocenters. The summed E-state index contributed by atoms with van der Waals surface area (Å²) in [6.07, 6.45) is -0.286. The number of hydrogen-bond acceptors (Lipinski definition) is 7. The van der Waals surface area contributed by atoms with Crippen molar-refractivity contribution < 1.29 is 23.8 Å². The zero-order valence-electron chi connectivity index (χ0n) is 15.7. The number of rotatable bonds is 6. The summed E-state index contributed by atoms with van der Waals surface area (Å²) < 4.78 is 15.6. The molecule has 142 valence electrons. The Balaban J connectivity index is 2.36. The van der Waals surface area contributed by atoms with Gasteiger partial charge in [0.25, 0.3) is 5.91 Å². The van der Waals surface area contributed by atoms with E-state index in [1.165, 1.54) is 14.2 Å². The number of nitrogens with one attached hydrogen (secondary N) is 1. The van der Waals surface area contributed by atoms with Crippen molar-refractivity contribution in [2.24, 2.45) is 0 Å². The third-order valence-corrected chi connectivity index (χ3v) is 4.85. The highest BCUT2D eigenvalue weighted by Gasteiger charge is 2.24. The number of esters is 1. The number of amides is 1. The smallest absolute Gasteiger partial charge is 0.348 e. The van der Waals surface area contributed by atoms with Gasteiger partial charge >= 0.3 is 5.97 Å². The molecule has 0 saturated carbocycles. The fraction of sp³-hybridized carbons (Fsp3) is 0.316. The van der Waals surface area contributed by atoms with Crippen LogP contribution in [0.25, 0.3) is 0 Å². The molecular weight excluding hydrogens is 368 g/mol. The molecule has 7 nitrogen and oxygen atoms in total. The Morgan fingerprint density at radius 2 is 1.93 bits per heavy atom. The zero-order valence-corrected chi connectivity index (χ0v) is 16.5. The molecule has 27 heavy (non-hydrogen) atoms. The van der Waals surface area contributed by atoms with E-state index in [1.54, 1.807) is 39.0 Å². The number of methoxy groups -OCH3 is 2. The molecule has 1 N–H and O–H groups in total. The third kappa shape index (κ3) is 4.38. The number of hydrogen-bond donors (Lipinski definition) is 1. The molecule has 0 atom stereocenters. The molecule has 0 fully saturated rings. The quantitative estimate of drug-likeness (QED) is 0.757. The van der Waals surface area contributed by atoms with E-state index in [-0.39, 0.29) is 27.1 Å². The Morgan fingerprint density at radius 3 is 2.48 bits per heavy atom. The average molecular weight is 388 g/mol. The van der Waals surface area contributed by atoms with Crippen molar-refractivity contribution in [3.8, 4) is 17.6 Å². The van der Waals surface area contributed by atoms with Crippen LogP contribution in [0.4, 0.5) is 5.00 Å². The molecule has 1 aromatic carbocycles. The van der Waals surface area contributed by atoms with Crippen LogP contribution in [-0.4, -0.2) is 32.2 Å². The Bertz CT molecular complexity index is 912. The Labute approximate surface area is 161 Å². The number of benzene rings is 1. The molecule has 0 spiro atoms. The summed E-state index contributed by atoms with van der Waals surface area (Å²) in [7, 11) is 2.96. The highest BCUT2D eigenvalue weighted by atomic mass is 32.1. The van der Waals surface area contributed by atoms with Gasteiger partial charge in [-0.25, -0.2) is 4.79 Å². The van der Waals surface area contributed by atoms with Gasteiger partial charge in [0.15, 0.2) is 0 Å². The predicted octanol–water partition coefficient (Wildman–Crippen LogP) is 3.76. The maximum absolute atomic E-state index is 12.7. The lowest BCUT2D eigenvalue weighted by atomic mass is 10.1. The van der Waals surface area contributed by atoms with Crippen molar-refractivity contribution >= 4 is 28.2 Å². The van der Waals surface area contributed by atoms with Crippen molar-refractivity contribution in [1.82, 2.24) is 0 Å². The summed E-state index contributed by atoms with van der Waals surface area (Å²) in [5.74, 6) is -0.104. The van der Waals surface area contributed by atoms with Crippen molar-refractivity contribution in [3.05, 3.63) is 39.8 Å². The van der Waals surface area contributed by atoms with Crippen molar-refractivity contribution in [2.45, 2.75) is 26.9 Å². The van der Waals surface area contributed by atoms with Gasteiger partial charge in [0.05, 0.1) is 31.5 Å². The summed E-state index contributed by atoms with van der Waals surface area (Å²) in [6, 6.07) is 6.82. The van der Waals surface area contributed by atoms with Crippen LogP contribution in [-0.2, 0) is 4.74 Å². The summed E-state index contributed by atoms with van der Waals surface area (Å²) in [6.45, 7) is 5.13. The Hall–Kier alpha value is -3.05. The molecule has 0 bridgehead atoms. The van der Waals surface area contributed by atoms with Gasteiger partial charge in [-0.1, -0.05) is 0 Å². The summed E-state index contributed by atoms with van der Waals surface area (Å²) in [5, 5.41) is 12.4. The van der Waals surface area contributed by atoms with E-state index in [0.29, 0.717) is 17.1 Å². The first-order valence-corrected chi connectivity index (χ1v) is 8.91. The molecule has 0 aliphatic rings. The van der Waals surface area contributed by atoms with Crippen LogP contribution in [0.1, 0.15) is 45.0 Å². The van der Waals surface area contributed by atoms with Gasteiger partial charge < -0.3 is 19.5 Å². The minimum absolute atomic E-state index is 0.233. The Morgan fingerprint density at radius 1 is 1.22 bits per heavy atom. The third-order valence-electron chi connectivity index (χ3n) is 3.67. The Kier molecular flexibility index (Phi) is 6.42. The van der Waals surface area contributed by atoms with Gasteiger partial charge in [-0.2, -0.15) is 5.26 Å². The van der Waals surface area contributed by atoms with Crippen LogP contribution in [0, 0.1) is 18.3 Å². The minimum Gasteiger partial charge on any atom is -0.497 e. The number of anilines is 1. The van der Waals surface area contributed by atoms with Crippen molar-refractivity contribution in [1.29, 1.82) is 5.26 Å². The molecule has 0 aliphatic carbocycles. The van der Waals surface area contributed by atoms with Crippen LogP contribution >= 0.6 is 11.3 Å². The molecule has 2 rings (SSSR count). The van der Waals surface area contributed by atoms with Gasteiger partial charge in [-0.3, -0.25) is 4.79 Å². The largest absolute Gasteiger partial charge is 0.497 e. The minimum atomic E-state index is -0.522. The maximum Gasteiger partial charge on any atom is 0.348 e. The lowest BCUT2D eigenvalue weighted by Gasteiger charge is -2.10. The van der Waals surface area contributed by atoms with Crippen LogP contribution < -0.4 is 14.8 Å². The first-order chi connectivity index (χ1) is 12.8. The lowest BCUT2D eigenvalue weighted by molar-refractivity contribution is 0.0383. The van der Waals surface area contributed by atoms with Crippen molar-refractivity contribution in [2.75, 3.05) is 19.5 Å². The number of thiophene rings is 1. The SMILES string of the molecule is COc1ccc(C(=O)Nc2sc(C(=O)OC(C)C)c(C)c2C#N)c(OC)c1. The van der Waals surface area contributed by atoms with Crippen LogP contribution in [0.2, 0.25) is 0 Å². The average Bonchev–Trinajstić information content (AvgIpc) is 2.95. The molecule has 8 heteroatoms. The first kappa shape index (κ1) is 20.3. The van der Waals surface area contributed by atoms with Crippen LogP contribution in [0.15, 0.2) is 18.2 Å². The van der Waals surface area contributed by atoms with Gasteiger partial charge in [0, 0.05) is 6.07 Å². The molecule has 1 heterocycles. The van der Waals surface area contributed by atoms with E-state index in [1.807, 2.05) is 6.07 Å². The molecule has 1 amide bonds. The van der Waals surface area contributed by atoms with Gasteiger partial charge in [-0.15, -0.1) is 11.3 Å². The van der Waals surface area contributed by atoms with E-state index in [9.17, 15) is 14.9 Å². The summed E-state index contributed by atoms with van der Waals surface area (Å²) >= 11 is 1.01. The van der Waals surface area contributed by atoms with Crippen LogP contribution in [0.5, 0.6) is 11.5 Å². The highest BCUT2D eigenvalue weighted by molar-refractivity contribution is 7.18. The molecular formula is C19H20N2O5S. The fourth-order valence-electron chi connectivity index (χ4n) is 2.36. The molecule has 2 aromatic rings. The monoisotopic (exact) mass is 388 g/mol. The summed E-state index contributed by atoms with van der Waals surface area (Å²) in [4.78, 5) is 25.2. The van der Waals surface area contributed by atoms with Gasteiger partial charge in [-0.05, 0) is 38.5 Å². The second-order valence-electron chi connectivity index (χ2n) is 5.85. The van der Waals surface area contributed by atoms with Crippen molar-refractivity contribution in [3.63, 3.8) is 0 Å². The maximum atomic E-state index is 12.7. The normalized spacial score (nSPS) is 10.3. The number of ether oxygens (including phenoxy) is 3. The number of nitrogens with zero attached hydrogens (tertiary/aromatic N) is 1. The van der Waals surface area contributed by atoms with E-state index < -0.39 is 11.9 Å². The molecule has 0 radical (unpaired) electrons. The topological polar surface area (TPSA) is 97.6 Å². The second kappa shape index (κ2) is 8.56. The van der Waals surface area contributed by atoms with E-state index in [4.69, 9.17) is 14.2 Å². The number of carbonyl (C=O) groups is 2. The molecule has 0 saturated heterocycles. The molecule has 1 aromatic heterocycles. The molecule has 0 aliphatic heterocycles. The predicted molar refractivity (Wildman–Crippen MR) is 102 cm³/mol. The first-order valence-electron chi connectivity index (χ1n) is 8.10. The van der Waals surface area contributed by atoms with Gasteiger partial charge in [0.1, 0.15) is 27.4 Å². The van der Waals surface area contributed by atoms with E-state index in [2.05, 4.69) is 5.32 Å². The fourth-order valence-corrected chi connectivity index (χ4v) is 3.39. The lowest BCUT2D eigenvalue weighted by Crippen LogP contribution is -2.13. The number of carbonyl (C=O) groups excluding carboxylic acids is 2. The standard InChI is InChI=1S/C19H20N2O5S/c1-10(2)26-19(23)16-11(3)14(9-20)18(27-16)21-17(22)13-7-6-12(24-4)8-15(13)25-5/h6-8,10H,1-5H3,(H,21,22). The zero-order chi connectivity index (χ0) is 20.1. The van der Waals surface area contributed by atoms with Gasteiger partial charge in [0.2, 0.25) is 0 Å². The van der Waals surface area contributed by atoms with E-state index in [0.717, 1.165) is 11.3 Å². The van der Waals surface area contributed by atoms with Crippen LogP contribution in [0.3, 0.4) is 0 Å². The number of nitriles is 1. The van der Waals surface area contributed by atoms with E-state index >= 15 is 0 Å².